The molecule has 3 N–H and O–H groups in total. The zero-order valence-corrected chi connectivity index (χ0v) is 15.1. The van der Waals surface area contributed by atoms with Gasteiger partial charge in [0.15, 0.2) is 0 Å². The van der Waals surface area contributed by atoms with Crippen LogP contribution in [0.25, 0.3) is 0 Å². The van der Waals surface area contributed by atoms with Crippen molar-refractivity contribution in [1.82, 2.24) is 5.32 Å². The van der Waals surface area contributed by atoms with E-state index in [-0.39, 0.29) is 11.9 Å². The summed E-state index contributed by atoms with van der Waals surface area (Å²) in [4.78, 5) is 35.3. The first-order valence-corrected chi connectivity index (χ1v) is 8.47. The third-order valence-corrected chi connectivity index (χ3v) is 3.88. The molecule has 3 amide bonds. The predicted octanol–water partition coefficient (Wildman–Crippen LogP) is 3.02. The first-order valence-electron chi connectivity index (χ1n) is 8.47. The molecule has 0 spiro atoms. The van der Waals surface area contributed by atoms with E-state index in [1.54, 1.807) is 24.3 Å². The molecule has 2 aromatic carbocycles. The summed E-state index contributed by atoms with van der Waals surface area (Å²) in [6.45, 7) is 5.29. The fourth-order valence-corrected chi connectivity index (χ4v) is 2.45. The quantitative estimate of drug-likeness (QED) is 0.722. The van der Waals surface area contributed by atoms with Crippen LogP contribution >= 0.6 is 0 Å². The molecule has 0 heterocycles. The van der Waals surface area contributed by atoms with Crippen LogP contribution in [0.2, 0.25) is 0 Å². The molecule has 6 heteroatoms. The molecule has 0 aromatic heterocycles. The van der Waals surface area contributed by atoms with Gasteiger partial charge in [-0.1, -0.05) is 37.3 Å². The molecule has 6 nitrogen and oxygen atoms in total. The number of benzene rings is 2. The molecule has 0 aliphatic carbocycles. The molecule has 0 aliphatic rings. The van der Waals surface area contributed by atoms with E-state index in [0.717, 1.165) is 12.0 Å². The number of hydrogen-bond donors (Lipinski definition) is 3. The van der Waals surface area contributed by atoms with Crippen LogP contribution in [-0.4, -0.2) is 17.7 Å². The number of carbonyl (C=O) groups is 3. The maximum absolute atomic E-state index is 12.1. The lowest BCUT2D eigenvalue weighted by Crippen LogP contribution is -2.36. The monoisotopic (exact) mass is 353 g/mol. The smallest absolute Gasteiger partial charge is 0.313 e. The second kappa shape index (κ2) is 8.80. The van der Waals surface area contributed by atoms with Crippen molar-refractivity contribution in [3.63, 3.8) is 0 Å². The number of rotatable bonds is 5. The van der Waals surface area contributed by atoms with E-state index in [2.05, 4.69) is 22.9 Å². The highest BCUT2D eigenvalue weighted by molar-refractivity contribution is 6.39. The summed E-state index contributed by atoms with van der Waals surface area (Å²) < 4.78 is 0. The molecule has 0 saturated heterocycles. The SMILES string of the molecule is CCc1ccc(C(C)NC(=O)C(=O)Nc2cccc(NC(C)=O)c2)cc1. The van der Waals surface area contributed by atoms with Gasteiger partial charge in [0.2, 0.25) is 5.91 Å². The van der Waals surface area contributed by atoms with Gasteiger partial charge in [-0.2, -0.15) is 0 Å². The number of carbonyl (C=O) groups excluding carboxylic acids is 3. The Morgan fingerprint density at radius 1 is 0.923 bits per heavy atom. The lowest BCUT2D eigenvalue weighted by molar-refractivity contribution is -0.136. The second-order valence-electron chi connectivity index (χ2n) is 6.01. The van der Waals surface area contributed by atoms with E-state index in [0.29, 0.717) is 11.4 Å². The Labute approximate surface area is 153 Å². The van der Waals surface area contributed by atoms with Crippen molar-refractivity contribution >= 4 is 29.1 Å². The summed E-state index contributed by atoms with van der Waals surface area (Å²) in [6, 6.07) is 14.2. The van der Waals surface area contributed by atoms with Crippen LogP contribution in [-0.2, 0) is 20.8 Å². The van der Waals surface area contributed by atoms with E-state index in [1.807, 2.05) is 31.2 Å². The normalized spacial score (nSPS) is 11.3. The fraction of sp³-hybridized carbons (Fsp3) is 0.250. The van der Waals surface area contributed by atoms with Gasteiger partial charge >= 0.3 is 11.8 Å². The van der Waals surface area contributed by atoms with Crippen LogP contribution in [0.3, 0.4) is 0 Å². The molecule has 0 saturated carbocycles. The molecular weight excluding hydrogens is 330 g/mol. The molecule has 2 aromatic rings. The standard InChI is InChI=1S/C20H23N3O3/c1-4-15-8-10-16(11-9-15)13(2)21-19(25)20(26)23-18-7-5-6-17(12-18)22-14(3)24/h5-13H,4H2,1-3H3,(H,21,25)(H,22,24)(H,23,26). The molecule has 0 radical (unpaired) electrons. The van der Waals surface area contributed by atoms with Crippen molar-refractivity contribution in [2.24, 2.45) is 0 Å². The van der Waals surface area contributed by atoms with Crippen LogP contribution in [0.1, 0.15) is 37.9 Å². The van der Waals surface area contributed by atoms with Crippen molar-refractivity contribution in [1.29, 1.82) is 0 Å². The minimum absolute atomic E-state index is 0.214. The highest BCUT2D eigenvalue weighted by Gasteiger charge is 2.17. The third-order valence-electron chi connectivity index (χ3n) is 3.88. The Bertz CT molecular complexity index is 800. The predicted molar refractivity (Wildman–Crippen MR) is 102 cm³/mol. The number of hydrogen-bond acceptors (Lipinski definition) is 3. The molecular formula is C20H23N3O3. The van der Waals surface area contributed by atoms with Gasteiger partial charge in [0.1, 0.15) is 0 Å². The summed E-state index contributed by atoms with van der Waals surface area (Å²) in [5.74, 6) is -1.70. The van der Waals surface area contributed by atoms with E-state index in [4.69, 9.17) is 0 Å². The first-order chi connectivity index (χ1) is 12.4. The van der Waals surface area contributed by atoms with E-state index >= 15 is 0 Å². The van der Waals surface area contributed by atoms with E-state index in [1.165, 1.54) is 12.5 Å². The third kappa shape index (κ3) is 5.44. The minimum atomic E-state index is -0.762. The van der Waals surface area contributed by atoms with Crippen LogP contribution in [0.15, 0.2) is 48.5 Å². The average Bonchev–Trinajstić information content (AvgIpc) is 2.61. The summed E-state index contributed by atoms with van der Waals surface area (Å²) in [5.41, 5.74) is 3.11. The van der Waals surface area contributed by atoms with Gasteiger partial charge in [-0.3, -0.25) is 14.4 Å². The topological polar surface area (TPSA) is 87.3 Å². The lowest BCUT2D eigenvalue weighted by Gasteiger charge is -2.15. The molecule has 0 bridgehead atoms. The van der Waals surface area contributed by atoms with E-state index < -0.39 is 11.8 Å². The van der Waals surface area contributed by atoms with Crippen LogP contribution in [0.4, 0.5) is 11.4 Å². The number of nitrogens with one attached hydrogen (secondary N) is 3. The van der Waals surface area contributed by atoms with Crippen molar-refractivity contribution in [2.45, 2.75) is 33.2 Å². The van der Waals surface area contributed by atoms with Crippen LogP contribution in [0, 0.1) is 0 Å². The maximum Gasteiger partial charge on any atom is 0.313 e. The van der Waals surface area contributed by atoms with Gasteiger partial charge in [0, 0.05) is 18.3 Å². The summed E-state index contributed by atoms with van der Waals surface area (Å²) in [6.07, 6.45) is 0.945. The average molecular weight is 353 g/mol. The van der Waals surface area contributed by atoms with E-state index in [9.17, 15) is 14.4 Å². The lowest BCUT2D eigenvalue weighted by atomic mass is 10.1. The fourth-order valence-electron chi connectivity index (χ4n) is 2.45. The molecule has 0 fully saturated rings. The zero-order chi connectivity index (χ0) is 19.1. The number of amides is 3. The van der Waals surface area contributed by atoms with Gasteiger partial charge in [-0.25, -0.2) is 0 Å². The Kier molecular flexibility index (Phi) is 6.49. The Morgan fingerprint density at radius 3 is 2.12 bits per heavy atom. The molecule has 2 rings (SSSR count). The van der Waals surface area contributed by atoms with Crippen molar-refractivity contribution < 1.29 is 14.4 Å². The summed E-state index contributed by atoms with van der Waals surface area (Å²) in [7, 11) is 0. The van der Waals surface area contributed by atoms with Gasteiger partial charge < -0.3 is 16.0 Å². The summed E-state index contributed by atoms with van der Waals surface area (Å²) in [5, 5.41) is 7.83. The molecule has 136 valence electrons. The van der Waals surface area contributed by atoms with Crippen molar-refractivity contribution in [3.05, 3.63) is 59.7 Å². The Hall–Kier alpha value is -3.15. The highest BCUT2D eigenvalue weighted by atomic mass is 16.2. The van der Waals surface area contributed by atoms with Crippen molar-refractivity contribution in [3.8, 4) is 0 Å². The van der Waals surface area contributed by atoms with Gasteiger partial charge in [-0.15, -0.1) is 0 Å². The van der Waals surface area contributed by atoms with Gasteiger partial charge in [-0.05, 0) is 42.7 Å². The molecule has 1 unspecified atom stereocenters. The largest absolute Gasteiger partial charge is 0.341 e. The molecule has 1 atom stereocenters. The molecule has 26 heavy (non-hydrogen) atoms. The van der Waals surface area contributed by atoms with Crippen LogP contribution in [0.5, 0.6) is 0 Å². The van der Waals surface area contributed by atoms with Crippen molar-refractivity contribution in [2.75, 3.05) is 10.6 Å². The number of aryl methyl sites for hydroxylation is 1. The minimum Gasteiger partial charge on any atom is -0.341 e. The second-order valence-corrected chi connectivity index (χ2v) is 6.01. The first kappa shape index (κ1) is 19.2. The Balaban J connectivity index is 1.96. The van der Waals surface area contributed by atoms with Gasteiger partial charge in [0.05, 0.1) is 6.04 Å². The number of anilines is 2. The van der Waals surface area contributed by atoms with Crippen LogP contribution < -0.4 is 16.0 Å². The molecule has 0 aliphatic heterocycles. The highest BCUT2D eigenvalue weighted by Crippen LogP contribution is 2.16. The van der Waals surface area contributed by atoms with Gasteiger partial charge in [0.25, 0.3) is 0 Å². The zero-order valence-electron chi connectivity index (χ0n) is 15.1. The maximum atomic E-state index is 12.1. The summed E-state index contributed by atoms with van der Waals surface area (Å²) >= 11 is 0. The Morgan fingerprint density at radius 2 is 1.54 bits per heavy atom.